The van der Waals surface area contributed by atoms with Crippen LogP contribution < -0.4 is 30.9 Å². The van der Waals surface area contributed by atoms with Gasteiger partial charge < -0.3 is 70.4 Å². The number of aromatic nitrogens is 4. The summed E-state index contributed by atoms with van der Waals surface area (Å²) in [5.41, 5.74) is 3.62. The van der Waals surface area contributed by atoms with Gasteiger partial charge in [-0.15, -0.1) is 21.5 Å². The number of nitrogens with zero attached hydrogens (tertiary/aromatic N) is 7. The fraction of sp³-hybridized carbons (Fsp3) is 0.448. The molecule has 3 aromatic heterocycles. The Labute approximate surface area is 562 Å². The van der Waals surface area contributed by atoms with E-state index in [1.165, 1.54) is 41.7 Å². The highest BCUT2D eigenvalue weighted by Gasteiger charge is 2.47. The molecule has 0 radical (unpaired) electrons. The van der Waals surface area contributed by atoms with Crippen molar-refractivity contribution in [3.63, 3.8) is 0 Å². The molecule has 29 heteroatoms. The van der Waals surface area contributed by atoms with Crippen LogP contribution >= 0.6 is 22.7 Å². The van der Waals surface area contributed by atoms with Gasteiger partial charge in [-0.3, -0.25) is 28.9 Å². The highest BCUT2D eigenvalue weighted by molar-refractivity contribution is 7.22. The first-order chi connectivity index (χ1) is 45.7. The summed E-state index contributed by atoms with van der Waals surface area (Å²) in [5, 5.41) is 72.8. The molecule has 0 bridgehead atoms. The van der Waals surface area contributed by atoms with Gasteiger partial charge in [0.15, 0.2) is 45.3 Å². The fourth-order valence-electron chi connectivity index (χ4n) is 10.7. The second kappa shape index (κ2) is 33.2. The average molecular weight is 1360 g/mol. The predicted molar refractivity (Wildman–Crippen MR) is 356 cm³/mol. The van der Waals surface area contributed by atoms with E-state index in [-0.39, 0.29) is 92.8 Å². The molecule has 5 heterocycles. The SMILES string of the molecule is CC/C=C/C1CC(=O)N(CCOCCC(=O)N[C@H](C(=O)N[C@@H](C)C(=O)Nc2ccc(C[N+](C)(C)CC#Cc3ccc(OCCCc4sc(N(C)c5cc(C)c(Nc6nc7ccccc7s6)nn5)nc4C(=O)O)c(F)c3)c(CC[C@@H]3O[C@H](C(=O)O)[C@@H](O)[C@H](O)[C@H]3O)c2)C(C)C)C1=O. The lowest BCUT2D eigenvalue weighted by Crippen LogP contribution is -2.59. The molecular weight excluding hydrogens is 1280 g/mol. The van der Waals surface area contributed by atoms with Crippen LogP contribution in [-0.4, -0.2) is 193 Å². The smallest absolute Gasteiger partial charge is 0.355 e. The van der Waals surface area contributed by atoms with Gasteiger partial charge in [0.2, 0.25) is 29.5 Å². The summed E-state index contributed by atoms with van der Waals surface area (Å²) in [4.78, 5) is 102. The van der Waals surface area contributed by atoms with Crippen molar-refractivity contribution in [1.82, 2.24) is 35.7 Å². The molecule has 1 unspecified atom stereocenters. The van der Waals surface area contributed by atoms with Crippen molar-refractivity contribution in [2.24, 2.45) is 11.8 Å². The minimum Gasteiger partial charge on any atom is -0.491 e. The number of carboxylic acids is 2. The Kier molecular flexibility index (Phi) is 25.2. The number of allylic oxidation sites excluding steroid dienone is 1. The number of carbonyl (C=O) groups is 7. The normalized spacial score (nSPS) is 18.7. The molecule has 5 amide bonds. The number of imide groups is 1. The van der Waals surface area contributed by atoms with Crippen LogP contribution in [0.3, 0.4) is 0 Å². The second-order valence-electron chi connectivity index (χ2n) is 24.5. The van der Waals surface area contributed by atoms with Crippen molar-refractivity contribution in [1.29, 1.82) is 0 Å². The summed E-state index contributed by atoms with van der Waals surface area (Å²) >= 11 is 2.69. The molecule has 96 heavy (non-hydrogen) atoms. The van der Waals surface area contributed by atoms with E-state index in [9.17, 15) is 59.1 Å². The van der Waals surface area contributed by atoms with Crippen molar-refractivity contribution in [3.8, 4) is 17.6 Å². The Bertz CT molecular complexity index is 3880. The lowest BCUT2D eigenvalue weighted by Gasteiger charge is -2.39. The molecule has 8 atom stereocenters. The number of benzene rings is 3. The van der Waals surface area contributed by atoms with E-state index >= 15 is 4.39 Å². The van der Waals surface area contributed by atoms with Crippen LogP contribution in [0.2, 0.25) is 0 Å². The highest BCUT2D eigenvalue weighted by Crippen LogP contribution is 2.34. The molecule has 2 saturated heterocycles. The highest BCUT2D eigenvalue weighted by atomic mass is 32.1. The summed E-state index contributed by atoms with van der Waals surface area (Å²) in [6, 6.07) is 16.9. The van der Waals surface area contributed by atoms with Gasteiger partial charge in [0.05, 0.1) is 62.7 Å². The van der Waals surface area contributed by atoms with Crippen LogP contribution in [0.4, 0.5) is 32.0 Å². The number of aliphatic hydroxyl groups is 3. The van der Waals surface area contributed by atoms with Gasteiger partial charge in [-0.2, -0.15) is 0 Å². The number of ether oxygens (including phenoxy) is 3. The maximum Gasteiger partial charge on any atom is 0.355 e. The van der Waals surface area contributed by atoms with Crippen molar-refractivity contribution in [2.45, 2.75) is 129 Å². The zero-order valence-corrected chi connectivity index (χ0v) is 56.2. The van der Waals surface area contributed by atoms with Crippen molar-refractivity contribution >= 4 is 102 Å². The Hall–Kier alpha value is -8.86. The third-order valence-corrected chi connectivity index (χ3v) is 18.2. The maximum absolute atomic E-state index is 15.5. The number of hydrogen-bond donors (Lipinski definition) is 9. The first-order valence-electron chi connectivity index (χ1n) is 31.4. The molecule has 512 valence electrons. The number of halogens is 1. The predicted octanol–water partition coefficient (Wildman–Crippen LogP) is 6.04. The number of anilines is 5. The van der Waals surface area contributed by atoms with Crippen molar-refractivity contribution in [3.05, 3.63) is 118 Å². The number of para-hydroxylation sites is 1. The van der Waals surface area contributed by atoms with Gasteiger partial charge in [0.1, 0.15) is 43.5 Å². The number of carbonyl (C=O) groups excluding carboxylic acids is 5. The van der Waals surface area contributed by atoms with E-state index in [0.717, 1.165) is 32.7 Å². The van der Waals surface area contributed by atoms with E-state index in [2.05, 4.69) is 53.3 Å². The number of amides is 5. The summed E-state index contributed by atoms with van der Waals surface area (Å²) in [6.07, 6.45) is -3.33. The molecule has 8 rings (SSSR count). The number of nitrogens with one attached hydrogen (secondary N) is 4. The van der Waals surface area contributed by atoms with Crippen LogP contribution in [0.1, 0.15) is 97.4 Å². The number of aromatic carboxylic acids is 1. The molecule has 2 aliphatic rings. The Morgan fingerprint density at radius 3 is 2.39 bits per heavy atom. The van der Waals surface area contributed by atoms with Crippen molar-refractivity contribution < 1.29 is 82.2 Å². The number of aliphatic carboxylic acids is 1. The molecule has 0 aliphatic carbocycles. The van der Waals surface area contributed by atoms with Crippen molar-refractivity contribution in [2.75, 3.05) is 69.6 Å². The van der Waals surface area contributed by atoms with Crippen LogP contribution in [0.5, 0.6) is 5.75 Å². The molecule has 2 aliphatic heterocycles. The fourth-order valence-corrected chi connectivity index (χ4v) is 12.6. The van der Waals surface area contributed by atoms with E-state index < -0.39 is 89.9 Å². The third-order valence-electron chi connectivity index (χ3n) is 16.0. The summed E-state index contributed by atoms with van der Waals surface area (Å²) < 4.78 is 33.8. The first-order valence-corrected chi connectivity index (χ1v) is 33.0. The Balaban J connectivity index is 0.844. The van der Waals surface area contributed by atoms with Gasteiger partial charge in [-0.1, -0.05) is 68.4 Å². The van der Waals surface area contributed by atoms with Gasteiger partial charge in [-0.05, 0) is 117 Å². The number of likely N-dealkylation sites (tertiary alicyclic amines) is 1. The Morgan fingerprint density at radius 1 is 0.906 bits per heavy atom. The lowest BCUT2D eigenvalue weighted by molar-refractivity contribution is -0.896. The average Bonchev–Trinajstić information content (AvgIpc) is 1.03. The molecular formula is C67H81FN11O15S2+. The molecule has 3 aromatic carbocycles. The second-order valence-corrected chi connectivity index (χ2v) is 26.6. The Morgan fingerprint density at radius 2 is 1.68 bits per heavy atom. The lowest BCUT2D eigenvalue weighted by atomic mass is 9.90. The number of quaternary nitrogens is 1. The van der Waals surface area contributed by atoms with Gasteiger partial charge in [-0.25, -0.2) is 23.9 Å². The van der Waals surface area contributed by atoms with Crippen LogP contribution in [0, 0.1) is 36.4 Å². The largest absolute Gasteiger partial charge is 0.491 e. The molecule has 9 N–H and O–H groups in total. The van der Waals surface area contributed by atoms with Gasteiger partial charge in [0, 0.05) is 41.6 Å². The number of aliphatic hydroxyl groups excluding tert-OH is 3. The standard InChI is InChI=1S/C67H80FN11O15S2/c1-9-10-16-42-35-53(81)78(63(42)87)27-31-92-30-26-52(80)72-54(37(2)3)62(86)69-39(5)61(85)70-44-23-21-43(41(34-44)22-25-48-56(82)57(83)58(84)59(94-48)65(90)91)36-79(7,8)28-13-15-40-20-24-47(45(68)33-40)93-29-14-19-50-55(64(88)89)73-67(96-50)77(6)51-32-38(4)60(76-75-51)74-66-71-46-17-11-12-18-49(46)95-66/h10-12,16-18,20-21,23-24,32-34,37,39,42,48,54,56-59,82-84H,9,14,19,22,25-31,35-36H2,1-8H3,(H5-,69,70,71,72,74,76,80,85,86,88,89,90,91)/p+1/b16-10+/t39-,42?,48-,54-,56-,57+,58-,59-/m0/s1. The summed E-state index contributed by atoms with van der Waals surface area (Å²) in [7, 11) is 5.54. The van der Waals surface area contributed by atoms with E-state index in [0.29, 0.717) is 56.6 Å². The quantitative estimate of drug-likeness (QED) is 0.00787. The number of carboxylic acid groups (broad SMARTS) is 2. The van der Waals surface area contributed by atoms with Gasteiger partial charge in [0.25, 0.3) is 0 Å². The number of aryl methyl sites for hydroxylation is 3. The summed E-state index contributed by atoms with van der Waals surface area (Å²) in [6.45, 7) is 9.42. The summed E-state index contributed by atoms with van der Waals surface area (Å²) in [5.74, 6) is 0.537. The zero-order chi connectivity index (χ0) is 69.5. The number of thiazole rings is 2. The monoisotopic (exact) mass is 1360 g/mol. The van der Waals surface area contributed by atoms with Crippen LogP contribution in [0.25, 0.3) is 10.2 Å². The number of fused-ring (bicyclic) bond motifs is 1. The molecule has 26 nitrogen and oxygen atoms in total. The molecule has 6 aromatic rings. The number of rotatable bonds is 31. The minimum absolute atomic E-state index is 0.0163. The molecule has 0 saturated carbocycles. The van der Waals surface area contributed by atoms with Gasteiger partial charge >= 0.3 is 11.9 Å². The molecule has 0 spiro atoms. The molecule has 2 fully saturated rings. The van der Waals surface area contributed by atoms with E-state index in [4.69, 9.17) is 14.2 Å². The van der Waals surface area contributed by atoms with E-state index in [1.807, 2.05) is 64.4 Å². The first kappa shape index (κ1) is 73.0. The van der Waals surface area contributed by atoms with Crippen LogP contribution in [0.15, 0.2) is 78.9 Å². The number of hydrogen-bond acceptors (Lipinski definition) is 21. The third kappa shape index (κ3) is 19.2. The van der Waals surface area contributed by atoms with E-state index in [1.54, 1.807) is 56.1 Å². The maximum atomic E-state index is 15.5. The van der Waals surface area contributed by atoms with Crippen LogP contribution in [-0.2, 0) is 57.6 Å². The minimum atomic E-state index is -1.88. The topological polar surface area (TPSA) is 354 Å². The zero-order valence-electron chi connectivity index (χ0n) is 54.5.